The molecule has 6 heteroatoms. The molecule has 0 aliphatic carbocycles. The summed E-state index contributed by atoms with van der Waals surface area (Å²) in [6.45, 7) is 4.97. The Bertz CT molecular complexity index is 548. The fraction of sp³-hybridized carbons (Fsp3) is 0.467. The van der Waals surface area contributed by atoms with Crippen molar-refractivity contribution in [2.75, 3.05) is 23.9 Å². The lowest BCUT2D eigenvalue weighted by molar-refractivity contribution is -0.117. The van der Waals surface area contributed by atoms with E-state index in [0.29, 0.717) is 25.4 Å². The lowest BCUT2D eigenvalue weighted by Gasteiger charge is -2.18. The van der Waals surface area contributed by atoms with E-state index in [9.17, 15) is 9.59 Å². The third kappa shape index (κ3) is 3.88. The van der Waals surface area contributed by atoms with Crippen LogP contribution in [-0.4, -0.2) is 36.9 Å². The SMILES string of the molecule is Cc1ccc(N2C[C@@H](NC(=O)NCCCl)CC2=O)cc1C. The van der Waals surface area contributed by atoms with Crippen LogP contribution in [0.25, 0.3) is 0 Å². The van der Waals surface area contributed by atoms with E-state index in [1.54, 1.807) is 4.90 Å². The lowest BCUT2D eigenvalue weighted by Crippen LogP contribution is -2.43. The number of anilines is 1. The van der Waals surface area contributed by atoms with Gasteiger partial charge < -0.3 is 15.5 Å². The van der Waals surface area contributed by atoms with Crippen molar-refractivity contribution in [3.63, 3.8) is 0 Å². The highest BCUT2D eigenvalue weighted by Crippen LogP contribution is 2.23. The van der Waals surface area contributed by atoms with Gasteiger partial charge in [-0.05, 0) is 37.1 Å². The molecule has 0 spiro atoms. The fourth-order valence-corrected chi connectivity index (χ4v) is 2.44. The second-order valence-corrected chi connectivity index (χ2v) is 5.64. The van der Waals surface area contributed by atoms with Crippen molar-refractivity contribution in [2.45, 2.75) is 26.3 Å². The number of carbonyl (C=O) groups excluding carboxylic acids is 2. The number of amides is 3. The highest BCUT2D eigenvalue weighted by molar-refractivity contribution is 6.18. The Morgan fingerprint density at radius 3 is 2.81 bits per heavy atom. The summed E-state index contributed by atoms with van der Waals surface area (Å²) in [5, 5.41) is 5.43. The van der Waals surface area contributed by atoms with Crippen LogP contribution in [0.15, 0.2) is 18.2 Å². The number of rotatable bonds is 4. The predicted octanol–water partition coefficient (Wildman–Crippen LogP) is 1.95. The Hall–Kier alpha value is -1.75. The van der Waals surface area contributed by atoms with E-state index in [4.69, 9.17) is 11.6 Å². The number of hydrogen-bond donors (Lipinski definition) is 2. The van der Waals surface area contributed by atoms with Crippen molar-refractivity contribution in [1.82, 2.24) is 10.6 Å². The first-order valence-corrected chi connectivity index (χ1v) is 7.52. The number of hydrogen-bond acceptors (Lipinski definition) is 2. The van der Waals surface area contributed by atoms with Crippen LogP contribution in [-0.2, 0) is 4.79 Å². The van der Waals surface area contributed by atoms with E-state index in [1.807, 2.05) is 32.0 Å². The molecule has 0 aromatic heterocycles. The van der Waals surface area contributed by atoms with Crippen molar-refractivity contribution in [2.24, 2.45) is 0 Å². The van der Waals surface area contributed by atoms with E-state index >= 15 is 0 Å². The summed E-state index contributed by atoms with van der Waals surface area (Å²) in [6.07, 6.45) is 0.321. The van der Waals surface area contributed by atoms with Crippen LogP contribution in [0, 0.1) is 13.8 Å². The maximum atomic E-state index is 12.1. The van der Waals surface area contributed by atoms with Gasteiger partial charge in [0.1, 0.15) is 0 Å². The average molecular weight is 310 g/mol. The number of aryl methyl sites for hydroxylation is 2. The van der Waals surface area contributed by atoms with Gasteiger partial charge in [-0.1, -0.05) is 6.07 Å². The predicted molar refractivity (Wildman–Crippen MR) is 83.9 cm³/mol. The zero-order valence-corrected chi connectivity index (χ0v) is 13.0. The lowest BCUT2D eigenvalue weighted by atomic mass is 10.1. The zero-order valence-electron chi connectivity index (χ0n) is 12.3. The molecule has 1 atom stereocenters. The molecule has 1 fully saturated rings. The summed E-state index contributed by atoms with van der Waals surface area (Å²) in [5.74, 6) is 0.395. The van der Waals surface area contributed by atoms with Gasteiger partial charge in [-0.3, -0.25) is 4.79 Å². The minimum Gasteiger partial charge on any atom is -0.337 e. The molecule has 5 nitrogen and oxygen atoms in total. The first-order chi connectivity index (χ1) is 10.0. The van der Waals surface area contributed by atoms with Crippen molar-refractivity contribution in [3.05, 3.63) is 29.3 Å². The highest BCUT2D eigenvalue weighted by atomic mass is 35.5. The van der Waals surface area contributed by atoms with Crippen LogP contribution in [0.5, 0.6) is 0 Å². The number of nitrogens with one attached hydrogen (secondary N) is 2. The first-order valence-electron chi connectivity index (χ1n) is 6.99. The zero-order chi connectivity index (χ0) is 15.4. The molecule has 0 radical (unpaired) electrons. The molecule has 0 unspecified atom stereocenters. The maximum absolute atomic E-state index is 12.1. The van der Waals surface area contributed by atoms with Crippen molar-refractivity contribution in [3.8, 4) is 0 Å². The monoisotopic (exact) mass is 309 g/mol. The molecule has 2 N–H and O–H groups in total. The summed E-state index contributed by atoms with van der Waals surface area (Å²) in [4.78, 5) is 25.4. The smallest absolute Gasteiger partial charge is 0.315 e. The third-order valence-corrected chi connectivity index (χ3v) is 3.83. The summed E-state index contributed by atoms with van der Waals surface area (Å²) >= 11 is 5.51. The summed E-state index contributed by atoms with van der Waals surface area (Å²) in [5.41, 5.74) is 3.23. The first kappa shape index (κ1) is 15.6. The number of nitrogens with zero attached hydrogens (tertiary/aromatic N) is 1. The molecule has 21 heavy (non-hydrogen) atoms. The Balaban J connectivity index is 1.99. The Labute approximate surface area is 129 Å². The average Bonchev–Trinajstić information content (AvgIpc) is 2.80. The molecule has 114 valence electrons. The quantitative estimate of drug-likeness (QED) is 0.835. The Morgan fingerprint density at radius 2 is 2.14 bits per heavy atom. The van der Waals surface area contributed by atoms with Crippen molar-refractivity contribution < 1.29 is 9.59 Å². The van der Waals surface area contributed by atoms with Gasteiger partial charge in [0.15, 0.2) is 0 Å². The normalized spacial score (nSPS) is 18.0. The fourth-order valence-electron chi connectivity index (χ4n) is 2.34. The van der Waals surface area contributed by atoms with Crippen LogP contribution in [0.2, 0.25) is 0 Å². The summed E-state index contributed by atoms with van der Waals surface area (Å²) < 4.78 is 0. The molecular weight excluding hydrogens is 290 g/mol. The van der Waals surface area contributed by atoms with Crippen LogP contribution >= 0.6 is 11.6 Å². The molecule has 1 aliphatic heterocycles. The molecule has 2 rings (SSSR count). The van der Waals surface area contributed by atoms with Gasteiger partial charge in [-0.25, -0.2) is 4.79 Å². The second kappa shape index (κ2) is 6.80. The largest absolute Gasteiger partial charge is 0.337 e. The molecule has 1 saturated heterocycles. The van der Waals surface area contributed by atoms with Crippen molar-refractivity contribution >= 4 is 29.2 Å². The number of alkyl halides is 1. The molecular formula is C15H20ClN3O2. The van der Waals surface area contributed by atoms with E-state index in [-0.39, 0.29) is 18.0 Å². The van der Waals surface area contributed by atoms with E-state index < -0.39 is 0 Å². The molecule has 1 heterocycles. The maximum Gasteiger partial charge on any atom is 0.315 e. The second-order valence-electron chi connectivity index (χ2n) is 5.26. The van der Waals surface area contributed by atoms with Crippen LogP contribution in [0.4, 0.5) is 10.5 Å². The van der Waals surface area contributed by atoms with Gasteiger partial charge in [0.2, 0.25) is 5.91 Å². The Kier molecular flexibility index (Phi) is 5.07. The van der Waals surface area contributed by atoms with Crippen molar-refractivity contribution in [1.29, 1.82) is 0 Å². The minimum atomic E-state index is -0.282. The van der Waals surface area contributed by atoms with Crippen LogP contribution in [0.1, 0.15) is 17.5 Å². The third-order valence-electron chi connectivity index (χ3n) is 3.64. The molecule has 0 saturated carbocycles. The van der Waals surface area contributed by atoms with Gasteiger partial charge in [-0.2, -0.15) is 0 Å². The van der Waals surface area contributed by atoms with Gasteiger partial charge in [-0.15, -0.1) is 11.6 Å². The van der Waals surface area contributed by atoms with Gasteiger partial charge in [0, 0.05) is 31.1 Å². The number of carbonyl (C=O) groups is 2. The molecule has 3 amide bonds. The van der Waals surface area contributed by atoms with Gasteiger partial charge >= 0.3 is 6.03 Å². The number of halogens is 1. The number of urea groups is 1. The van der Waals surface area contributed by atoms with E-state index in [0.717, 1.165) is 11.3 Å². The molecule has 0 bridgehead atoms. The highest BCUT2D eigenvalue weighted by Gasteiger charge is 2.31. The van der Waals surface area contributed by atoms with Gasteiger partial charge in [0.05, 0.1) is 6.04 Å². The molecule has 1 aromatic rings. The van der Waals surface area contributed by atoms with E-state index in [1.165, 1.54) is 5.56 Å². The topological polar surface area (TPSA) is 61.4 Å². The van der Waals surface area contributed by atoms with Crippen LogP contribution < -0.4 is 15.5 Å². The van der Waals surface area contributed by atoms with Crippen LogP contribution in [0.3, 0.4) is 0 Å². The molecule has 1 aliphatic rings. The summed E-state index contributed by atoms with van der Waals surface area (Å²) in [6, 6.07) is 5.50. The summed E-state index contributed by atoms with van der Waals surface area (Å²) in [7, 11) is 0. The van der Waals surface area contributed by atoms with Gasteiger partial charge in [0.25, 0.3) is 0 Å². The van der Waals surface area contributed by atoms with E-state index in [2.05, 4.69) is 10.6 Å². The Morgan fingerprint density at radius 1 is 1.38 bits per heavy atom. The molecule has 1 aromatic carbocycles. The standard InChI is InChI=1S/C15H20ClN3O2/c1-10-3-4-13(7-11(10)2)19-9-12(8-14(19)20)18-15(21)17-6-5-16/h3-4,7,12H,5-6,8-9H2,1-2H3,(H2,17,18,21)/t12-/m0/s1. The number of benzene rings is 1. The minimum absolute atomic E-state index is 0.0286.